The highest BCUT2D eigenvalue weighted by Crippen LogP contribution is 2.69. The van der Waals surface area contributed by atoms with Crippen LogP contribution in [0.1, 0.15) is 118 Å². The van der Waals surface area contributed by atoms with Crippen molar-refractivity contribution >= 4 is 5.97 Å². The third-order valence-electron chi connectivity index (χ3n) is 8.63. The molecule has 0 heterocycles. The molecule has 4 heteroatoms. The molecule has 172 valence electrons. The lowest BCUT2D eigenvalue weighted by Gasteiger charge is -2.66. The number of hydrogen-bond acceptors (Lipinski definition) is 1. The summed E-state index contributed by atoms with van der Waals surface area (Å²) in [4.78, 5) is 9.64. The van der Waals surface area contributed by atoms with E-state index in [-0.39, 0.29) is 17.0 Å². The fourth-order valence-corrected chi connectivity index (χ4v) is 6.87. The Kier molecular flexibility index (Phi) is 11.2. The second kappa shape index (κ2) is 12.1. The Morgan fingerprint density at radius 3 is 1.83 bits per heavy atom. The number of quaternary nitrogens is 1. The molecule has 4 unspecified atom stereocenters. The molecule has 0 aromatic carbocycles. The summed E-state index contributed by atoms with van der Waals surface area (Å²) in [7, 11) is 0. The number of carboxylic acid groups (broad SMARTS) is 1. The second-order valence-electron chi connectivity index (χ2n) is 11.0. The zero-order valence-corrected chi connectivity index (χ0v) is 21.2. The Morgan fingerprint density at radius 2 is 1.41 bits per heavy atom. The van der Waals surface area contributed by atoms with E-state index in [4.69, 9.17) is 5.11 Å². The molecule has 4 fully saturated rings. The molecule has 0 aliphatic heterocycles. The van der Waals surface area contributed by atoms with Crippen molar-refractivity contribution in [1.29, 1.82) is 0 Å². The zero-order valence-electron chi connectivity index (χ0n) is 19.6. The molecule has 3 nitrogen and oxygen atoms in total. The summed E-state index contributed by atoms with van der Waals surface area (Å²) in [5.74, 6) is 2.44. The standard InChI is InChI=1S/C22H40.C3H7NO2.BrH/c1-4-5-6-7-8-9-10-11-12-22(3)20-14-18-13-19(15-20)17-21(22,2)16-18;1-2(4)3(5)6;/h18-20H,4-17H2,1-3H3;2H,4H2,1H3,(H,5,6);1H. The van der Waals surface area contributed by atoms with E-state index < -0.39 is 12.0 Å². The van der Waals surface area contributed by atoms with E-state index in [9.17, 15) is 4.79 Å². The van der Waals surface area contributed by atoms with Gasteiger partial charge < -0.3 is 27.8 Å². The van der Waals surface area contributed by atoms with E-state index in [0.717, 1.165) is 17.8 Å². The molecule has 0 radical (unpaired) electrons. The van der Waals surface area contributed by atoms with Gasteiger partial charge in [-0.15, -0.1) is 0 Å². The number of carbonyl (C=O) groups is 1. The smallest absolute Gasteiger partial charge is 0.362 e. The van der Waals surface area contributed by atoms with E-state index in [0.29, 0.717) is 10.8 Å². The number of carboxylic acids is 1. The van der Waals surface area contributed by atoms with Crippen LogP contribution in [0.25, 0.3) is 0 Å². The van der Waals surface area contributed by atoms with E-state index in [1.165, 1.54) is 64.7 Å². The van der Waals surface area contributed by atoms with Crippen molar-refractivity contribution in [1.82, 2.24) is 0 Å². The molecule has 0 aromatic heterocycles. The normalized spacial score (nSPS) is 35.4. The first kappa shape index (κ1) is 26.9. The quantitative estimate of drug-likeness (QED) is 0.478. The molecule has 0 aromatic rings. The number of rotatable bonds is 10. The van der Waals surface area contributed by atoms with E-state index in [2.05, 4.69) is 26.5 Å². The maximum Gasteiger partial charge on any atom is 0.362 e. The lowest BCUT2D eigenvalue weighted by molar-refractivity contribution is -0.402. The fraction of sp³-hybridized carbons (Fsp3) is 0.960. The van der Waals surface area contributed by atoms with Gasteiger partial charge >= 0.3 is 5.97 Å². The summed E-state index contributed by atoms with van der Waals surface area (Å²) in [5, 5.41) is 7.93. The molecule has 4 rings (SSSR count). The summed E-state index contributed by atoms with van der Waals surface area (Å²) in [6.07, 6.45) is 21.2. The molecule has 4 aliphatic rings. The minimum Gasteiger partial charge on any atom is -1.00 e. The van der Waals surface area contributed by atoms with Crippen molar-refractivity contribution < 1.29 is 32.6 Å². The number of halogens is 1. The average Bonchev–Trinajstić information content (AvgIpc) is 2.62. The van der Waals surface area contributed by atoms with Crippen LogP contribution >= 0.6 is 0 Å². The molecule has 0 spiro atoms. The highest BCUT2D eigenvalue weighted by atomic mass is 79.9. The molecule has 4 aliphatic carbocycles. The predicted molar refractivity (Wildman–Crippen MR) is 117 cm³/mol. The molecule has 4 atom stereocenters. The highest BCUT2D eigenvalue weighted by molar-refractivity contribution is 5.70. The van der Waals surface area contributed by atoms with Crippen LogP contribution in [-0.2, 0) is 4.79 Å². The largest absolute Gasteiger partial charge is 1.00 e. The topological polar surface area (TPSA) is 64.9 Å². The summed E-state index contributed by atoms with van der Waals surface area (Å²) in [6, 6.07) is -0.481. The van der Waals surface area contributed by atoms with Gasteiger partial charge in [-0.2, -0.15) is 0 Å². The Bertz CT molecular complexity index is 481. The van der Waals surface area contributed by atoms with Crippen molar-refractivity contribution in [2.45, 2.75) is 124 Å². The van der Waals surface area contributed by atoms with Crippen LogP contribution in [0.15, 0.2) is 0 Å². The van der Waals surface area contributed by atoms with Crippen LogP contribution in [0.3, 0.4) is 0 Å². The Hall–Kier alpha value is -0.0900. The molecule has 4 N–H and O–H groups in total. The molecule has 0 saturated heterocycles. The molecule has 4 bridgehead atoms. The SMILES string of the molecule is CC([NH3+])C(=O)O.CCCCCCCCCCC1(C)C2CC3CC(C2)CC1(C)C3.[Br-]. The maximum atomic E-state index is 9.64. The van der Waals surface area contributed by atoms with Gasteiger partial charge in [-0.25, -0.2) is 4.79 Å². The molecular weight excluding hydrogens is 426 g/mol. The van der Waals surface area contributed by atoms with Crippen molar-refractivity contribution in [2.24, 2.45) is 28.6 Å². The molecule has 4 saturated carbocycles. The van der Waals surface area contributed by atoms with Crippen LogP contribution in [0, 0.1) is 28.6 Å². The molecular formula is C25H48BrNO2. The van der Waals surface area contributed by atoms with Gasteiger partial charge in [-0.1, -0.05) is 72.1 Å². The highest BCUT2D eigenvalue weighted by Gasteiger charge is 2.60. The maximum absolute atomic E-state index is 9.64. The summed E-state index contributed by atoms with van der Waals surface area (Å²) in [6.45, 7) is 9.20. The van der Waals surface area contributed by atoms with E-state index in [1.807, 2.05) is 0 Å². The van der Waals surface area contributed by atoms with Gasteiger partial charge in [0.2, 0.25) is 0 Å². The summed E-state index contributed by atoms with van der Waals surface area (Å²) in [5.41, 5.74) is 4.62. The van der Waals surface area contributed by atoms with Crippen LogP contribution in [0.2, 0.25) is 0 Å². The van der Waals surface area contributed by atoms with E-state index in [1.54, 1.807) is 32.1 Å². The zero-order chi connectivity index (χ0) is 20.8. The Morgan fingerprint density at radius 1 is 0.966 bits per heavy atom. The van der Waals surface area contributed by atoms with Gasteiger partial charge in [0.25, 0.3) is 0 Å². The van der Waals surface area contributed by atoms with Crippen molar-refractivity contribution in [3.63, 3.8) is 0 Å². The monoisotopic (exact) mass is 473 g/mol. The first-order valence-electron chi connectivity index (χ1n) is 12.3. The predicted octanol–water partition coefficient (Wildman–Crippen LogP) is 3.08. The third-order valence-corrected chi connectivity index (χ3v) is 8.63. The molecule has 29 heavy (non-hydrogen) atoms. The summed E-state index contributed by atoms with van der Waals surface area (Å²) < 4.78 is 0. The first-order chi connectivity index (χ1) is 13.2. The van der Waals surface area contributed by atoms with Crippen molar-refractivity contribution in [3.05, 3.63) is 0 Å². The summed E-state index contributed by atoms with van der Waals surface area (Å²) >= 11 is 0. The van der Waals surface area contributed by atoms with Crippen molar-refractivity contribution in [2.75, 3.05) is 0 Å². The van der Waals surface area contributed by atoms with E-state index >= 15 is 0 Å². The lowest BCUT2D eigenvalue weighted by atomic mass is 9.39. The number of hydrogen-bond donors (Lipinski definition) is 2. The van der Waals surface area contributed by atoms with Crippen LogP contribution in [0.4, 0.5) is 0 Å². The number of aliphatic carboxylic acids is 1. The lowest BCUT2D eigenvalue weighted by Crippen LogP contribution is -3.00. The first-order valence-corrected chi connectivity index (χ1v) is 12.3. The minimum atomic E-state index is -0.852. The van der Waals surface area contributed by atoms with Crippen molar-refractivity contribution in [3.8, 4) is 0 Å². The minimum absolute atomic E-state index is 0. The fourth-order valence-electron chi connectivity index (χ4n) is 6.87. The van der Waals surface area contributed by atoms with Crippen LogP contribution in [0.5, 0.6) is 0 Å². The Balaban J connectivity index is 0.000000529. The van der Waals surface area contributed by atoms with Gasteiger partial charge in [-0.05, 0) is 74.0 Å². The average molecular weight is 475 g/mol. The van der Waals surface area contributed by atoms with Gasteiger partial charge in [-0.3, -0.25) is 0 Å². The van der Waals surface area contributed by atoms with Gasteiger partial charge in [0, 0.05) is 0 Å². The Labute approximate surface area is 190 Å². The second-order valence-corrected chi connectivity index (χ2v) is 11.0. The van der Waals surface area contributed by atoms with Gasteiger partial charge in [0.05, 0.1) is 0 Å². The van der Waals surface area contributed by atoms with Gasteiger partial charge in [0.15, 0.2) is 6.04 Å². The van der Waals surface area contributed by atoms with Crippen LogP contribution < -0.4 is 22.7 Å². The third kappa shape index (κ3) is 6.95. The number of unbranched alkanes of at least 4 members (excludes halogenated alkanes) is 7. The van der Waals surface area contributed by atoms with Gasteiger partial charge in [0.1, 0.15) is 0 Å². The molecule has 0 amide bonds. The van der Waals surface area contributed by atoms with Crippen LogP contribution in [-0.4, -0.2) is 17.1 Å².